The summed E-state index contributed by atoms with van der Waals surface area (Å²) in [6, 6.07) is 13.9. The number of halogens is 1. The molecule has 0 atom stereocenters. The minimum absolute atomic E-state index is 0.184. The molecule has 0 aliphatic rings. The van der Waals surface area contributed by atoms with Gasteiger partial charge in [-0.3, -0.25) is 4.79 Å². The maximum Gasteiger partial charge on any atom is 0.251 e. The van der Waals surface area contributed by atoms with Gasteiger partial charge in [0.1, 0.15) is 5.82 Å². The van der Waals surface area contributed by atoms with Crippen molar-refractivity contribution in [3.8, 4) is 0 Å². The third-order valence-corrected chi connectivity index (χ3v) is 4.40. The summed E-state index contributed by atoms with van der Waals surface area (Å²) in [5, 5.41) is 9.15. The predicted octanol–water partition coefficient (Wildman–Crippen LogP) is 4.25. The first kappa shape index (κ1) is 18.4. The van der Waals surface area contributed by atoms with Crippen LogP contribution in [0.3, 0.4) is 0 Å². The van der Waals surface area contributed by atoms with Gasteiger partial charge in [-0.2, -0.15) is 4.98 Å². The average molecular weight is 390 g/mol. The highest BCUT2D eigenvalue weighted by Crippen LogP contribution is 2.27. The van der Waals surface area contributed by atoms with E-state index < -0.39 is 0 Å². The number of aromatic amines is 1. The topological polar surface area (TPSA) is 94.7 Å². The molecule has 2 heterocycles. The van der Waals surface area contributed by atoms with Crippen molar-refractivity contribution in [1.82, 2.24) is 20.3 Å². The maximum atomic E-state index is 14.8. The Labute approximate surface area is 166 Å². The minimum Gasteiger partial charge on any atom is -0.359 e. The molecule has 8 heteroatoms. The van der Waals surface area contributed by atoms with Gasteiger partial charge in [-0.25, -0.2) is 9.37 Å². The molecular weight excluding hydrogens is 371 g/mol. The van der Waals surface area contributed by atoms with Gasteiger partial charge < -0.3 is 20.9 Å². The Kier molecular flexibility index (Phi) is 4.82. The summed E-state index contributed by atoms with van der Waals surface area (Å²) in [6.07, 6.45) is 1.57. The number of hydrogen-bond donors (Lipinski definition) is 4. The van der Waals surface area contributed by atoms with Crippen LogP contribution in [0.15, 0.2) is 54.7 Å². The zero-order valence-corrected chi connectivity index (χ0v) is 15.9. The molecule has 146 valence electrons. The van der Waals surface area contributed by atoms with Crippen molar-refractivity contribution in [1.29, 1.82) is 0 Å². The molecule has 0 spiro atoms. The van der Waals surface area contributed by atoms with Gasteiger partial charge in [0.05, 0.1) is 5.69 Å². The standard InChI is InChI=1S/C21H19FN6O/c1-12-10-15-16(25-12)6-7-17(19(15)22)27-18-8-9-24-21(28-18)26-14-5-3-4-13(11-14)20(29)23-2/h3-11,25H,1-2H3,(H,23,29)(H2,24,26,27,28). The van der Waals surface area contributed by atoms with Gasteiger partial charge in [0.2, 0.25) is 5.95 Å². The van der Waals surface area contributed by atoms with E-state index in [4.69, 9.17) is 0 Å². The van der Waals surface area contributed by atoms with Gasteiger partial charge in [0.15, 0.2) is 5.82 Å². The second-order valence-electron chi connectivity index (χ2n) is 6.52. The van der Waals surface area contributed by atoms with Crippen LogP contribution in [0.5, 0.6) is 0 Å². The number of H-pyrrole nitrogens is 1. The SMILES string of the molecule is CNC(=O)c1cccc(Nc2nccc(Nc3ccc4[nH]c(C)cc4c3F)n2)c1. The molecule has 4 aromatic rings. The lowest BCUT2D eigenvalue weighted by molar-refractivity contribution is 0.0963. The van der Waals surface area contributed by atoms with Crippen molar-refractivity contribution in [3.63, 3.8) is 0 Å². The molecule has 0 bridgehead atoms. The molecule has 2 aromatic heterocycles. The Bertz CT molecular complexity index is 1200. The van der Waals surface area contributed by atoms with Crippen LogP contribution in [-0.2, 0) is 0 Å². The minimum atomic E-state index is -0.349. The summed E-state index contributed by atoms with van der Waals surface area (Å²) in [7, 11) is 1.58. The van der Waals surface area contributed by atoms with Crippen LogP contribution < -0.4 is 16.0 Å². The van der Waals surface area contributed by atoms with Crippen molar-refractivity contribution in [2.75, 3.05) is 17.7 Å². The highest BCUT2D eigenvalue weighted by atomic mass is 19.1. The van der Waals surface area contributed by atoms with E-state index >= 15 is 0 Å². The first-order valence-corrected chi connectivity index (χ1v) is 9.00. The molecule has 4 rings (SSSR count). The summed E-state index contributed by atoms with van der Waals surface area (Å²) in [4.78, 5) is 23.5. The van der Waals surface area contributed by atoms with E-state index in [0.29, 0.717) is 34.1 Å². The number of nitrogens with one attached hydrogen (secondary N) is 4. The zero-order valence-electron chi connectivity index (χ0n) is 15.9. The Morgan fingerprint density at radius 1 is 1.10 bits per heavy atom. The molecule has 2 aromatic carbocycles. The van der Waals surface area contributed by atoms with Crippen molar-refractivity contribution in [2.45, 2.75) is 6.92 Å². The van der Waals surface area contributed by atoms with E-state index in [2.05, 4.69) is 30.9 Å². The number of hydrogen-bond acceptors (Lipinski definition) is 5. The van der Waals surface area contributed by atoms with Crippen LogP contribution in [0, 0.1) is 12.7 Å². The van der Waals surface area contributed by atoms with E-state index in [0.717, 1.165) is 11.2 Å². The summed E-state index contributed by atoms with van der Waals surface area (Å²) < 4.78 is 14.8. The van der Waals surface area contributed by atoms with Crippen LogP contribution in [-0.4, -0.2) is 27.9 Å². The van der Waals surface area contributed by atoms with Crippen LogP contribution in [0.1, 0.15) is 16.1 Å². The lowest BCUT2D eigenvalue weighted by Crippen LogP contribution is -2.17. The molecule has 0 radical (unpaired) electrons. The third-order valence-electron chi connectivity index (χ3n) is 4.40. The van der Waals surface area contributed by atoms with Crippen molar-refractivity contribution in [2.24, 2.45) is 0 Å². The second kappa shape index (κ2) is 7.59. The molecule has 29 heavy (non-hydrogen) atoms. The quantitative estimate of drug-likeness (QED) is 0.409. The summed E-state index contributed by atoms with van der Waals surface area (Å²) >= 11 is 0. The van der Waals surface area contributed by atoms with E-state index in [9.17, 15) is 9.18 Å². The van der Waals surface area contributed by atoms with Crippen LogP contribution in [0.2, 0.25) is 0 Å². The van der Waals surface area contributed by atoms with Crippen LogP contribution in [0.4, 0.5) is 27.5 Å². The normalized spacial score (nSPS) is 10.7. The van der Waals surface area contributed by atoms with Crippen LogP contribution in [0.25, 0.3) is 10.9 Å². The first-order chi connectivity index (χ1) is 14.0. The first-order valence-electron chi connectivity index (χ1n) is 9.00. The Balaban J connectivity index is 1.57. The van der Waals surface area contributed by atoms with Crippen molar-refractivity contribution in [3.05, 3.63) is 71.8 Å². The van der Waals surface area contributed by atoms with E-state index in [1.165, 1.54) is 0 Å². The fraction of sp³-hybridized carbons (Fsp3) is 0.0952. The molecule has 0 unspecified atom stereocenters. The highest BCUT2D eigenvalue weighted by molar-refractivity contribution is 5.95. The Morgan fingerprint density at radius 3 is 2.79 bits per heavy atom. The van der Waals surface area contributed by atoms with Gasteiger partial charge in [-0.15, -0.1) is 0 Å². The molecule has 1 amide bonds. The lowest BCUT2D eigenvalue weighted by atomic mass is 10.2. The van der Waals surface area contributed by atoms with Gasteiger partial charge in [0.25, 0.3) is 5.91 Å². The summed E-state index contributed by atoms with van der Waals surface area (Å²) in [5.41, 5.74) is 3.14. The summed E-state index contributed by atoms with van der Waals surface area (Å²) in [6.45, 7) is 1.88. The molecule has 0 fully saturated rings. The van der Waals surface area contributed by atoms with Crippen LogP contribution >= 0.6 is 0 Å². The number of benzene rings is 2. The van der Waals surface area contributed by atoms with Gasteiger partial charge >= 0.3 is 0 Å². The maximum absolute atomic E-state index is 14.8. The highest BCUT2D eigenvalue weighted by Gasteiger charge is 2.11. The largest absolute Gasteiger partial charge is 0.359 e. The number of aryl methyl sites for hydroxylation is 1. The molecule has 0 saturated carbocycles. The van der Waals surface area contributed by atoms with E-state index in [1.807, 2.05) is 13.0 Å². The number of nitrogens with zero attached hydrogens (tertiary/aromatic N) is 2. The molecule has 4 N–H and O–H groups in total. The number of fused-ring (bicyclic) bond motifs is 1. The number of carbonyl (C=O) groups excluding carboxylic acids is 1. The number of aromatic nitrogens is 3. The predicted molar refractivity (Wildman–Crippen MR) is 111 cm³/mol. The monoisotopic (exact) mass is 390 g/mol. The fourth-order valence-corrected chi connectivity index (χ4v) is 3.04. The van der Waals surface area contributed by atoms with E-state index in [-0.39, 0.29) is 11.7 Å². The van der Waals surface area contributed by atoms with Gasteiger partial charge in [0, 0.05) is 41.1 Å². The molecule has 0 aliphatic carbocycles. The number of amides is 1. The second-order valence-corrected chi connectivity index (χ2v) is 6.52. The molecule has 7 nitrogen and oxygen atoms in total. The molecular formula is C21H19FN6O. The fourth-order valence-electron chi connectivity index (χ4n) is 3.04. The van der Waals surface area contributed by atoms with Crippen molar-refractivity contribution < 1.29 is 9.18 Å². The van der Waals surface area contributed by atoms with Crippen molar-refractivity contribution >= 4 is 40.0 Å². The number of rotatable bonds is 5. The smallest absolute Gasteiger partial charge is 0.251 e. The lowest BCUT2D eigenvalue weighted by Gasteiger charge is -2.10. The number of anilines is 4. The summed E-state index contributed by atoms with van der Waals surface area (Å²) in [5.74, 6) is 0.229. The molecule has 0 saturated heterocycles. The van der Waals surface area contributed by atoms with E-state index in [1.54, 1.807) is 55.7 Å². The Morgan fingerprint density at radius 2 is 1.97 bits per heavy atom. The average Bonchev–Trinajstić information content (AvgIpc) is 3.11. The van der Waals surface area contributed by atoms with Gasteiger partial charge in [-0.05, 0) is 49.4 Å². The Hall–Kier alpha value is -3.94. The molecule has 0 aliphatic heterocycles. The zero-order chi connectivity index (χ0) is 20.4. The number of carbonyl (C=O) groups is 1. The third kappa shape index (κ3) is 3.86. The van der Waals surface area contributed by atoms with Gasteiger partial charge in [-0.1, -0.05) is 6.07 Å².